The first-order valence-electron chi connectivity index (χ1n) is 7.46. The third-order valence-corrected chi connectivity index (χ3v) is 3.64. The van der Waals surface area contributed by atoms with E-state index in [0.29, 0.717) is 19.7 Å². The van der Waals surface area contributed by atoms with E-state index in [0.717, 1.165) is 23.3 Å². The van der Waals surface area contributed by atoms with Gasteiger partial charge >= 0.3 is 0 Å². The van der Waals surface area contributed by atoms with Crippen molar-refractivity contribution in [3.8, 4) is 5.75 Å². The summed E-state index contributed by atoms with van der Waals surface area (Å²) in [6, 6.07) is 11.2. The van der Waals surface area contributed by atoms with Crippen molar-refractivity contribution in [1.29, 1.82) is 0 Å². The molecule has 1 aromatic heterocycles. The largest absolute Gasteiger partial charge is 0.492 e. The number of carbonyl (C=O) groups excluding carboxylic acids is 1. The molecular weight excluding hydrogens is 278 g/mol. The van der Waals surface area contributed by atoms with Crippen LogP contribution in [0.4, 0.5) is 0 Å². The van der Waals surface area contributed by atoms with E-state index >= 15 is 0 Å². The Morgan fingerprint density at radius 1 is 1.32 bits per heavy atom. The zero-order valence-corrected chi connectivity index (χ0v) is 12.3. The van der Waals surface area contributed by atoms with Crippen LogP contribution in [0.25, 0.3) is 0 Å². The van der Waals surface area contributed by atoms with Gasteiger partial charge in [-0.15, -0.1) is 0 Å². The summed E-state index contributed by atoms with van der Waals surface area (Å²) in [5, 5.41) is 6.22. The number of nitrogens with zero attached hydrogens (tertiary/aromatic N) is 1. The maximum absolute atomic E-state index is 12.5. The fourth-order valence-corrected chi connectivity index (χ4v) is 2.54. The summed E-state index contributed by atoms with van der Waals surface area (Å²) < 4.78 is 5.65. The van der Waals surface area contributed by atoms with Gasteiger partial charge in [0.05, 0.1) is 0 Å². The maximum atomic E-state index is 12.5. The molecule has 1 aliphatic rings. The lowest BCUT2D eigenvalue weighted by Gasteiger charge is -2.17. The van der Waals surface area contributed by atoms with E-state index in [1.165, 1.54) is 0 Å². The predicted molar refractivity (Wildman–Crippen MR) is 83.6 cm³/mol. The molecular formula is C17H19N3O2. The maximum Gasteiger partial charge on any atom is 0.241 e. The lowest BCUT2D eigenvalue weighted by molar-refractivity contribution is -0.123. The summed E-state index contributed by atoms with van der Waals surface area (Å²) in [5.41, 5.74) is 2.00. The molecule has 0 aliphatic carbocycles. The molecule has 0 fully saturated rings. The van der Waals surface area contributed by atoms with Gasteiger partial charge in [0.15, 0.2) is 0 Å². The lowest BCUT2D eigenvalue weighted by Crippen LogP contribution is -2.38. The van der Waals surface area contributed by atoms with Crippen LogP contribution in [0.15, 0.2) is 48.8 Å². The lowest BCUT2D eigenvalue weighted by atomic mass is 10.1. The first kappa shape index (κ1) is 14.5. The second-order valence-corrected chi connectivity index (χ2v) is 5.18. The first-order chi connectivity index (χ1) is 10.8. The molecule has 1 atom stereocenters. The molecule has 0 saturated heterocycles. The van der Waals surface area contributed by atoms with Crippen LogP contribution in [0.2, 0.25) is 0 Å². The van der Waals surface area contributed by atoms with Crippen molar-refractivity contribution in [3.05, 3.63) is 59.9 Å². The molecule has 5 heteroatoms. The predicted octanol–water partition coefficient (Wildman–Crippen LogP) is 1.46. The Balaban J connectivity index is 1.62. The van der Waals surface area contributed by atoms with Crippen molar-refractivity contribution in [1.82, 2.24) is 15.6 Å². The number of hydrogen-bond donors (Lipinski definition) is 2. The highest BCUT2D eigenvalue weighted by molar-refractivity contribution is 5.84. The van der Waals surface area contributed by atoms with E-state index in [1.54, 1.807) is 6.20 Å². The fourth-order valence-electron chi connectivity index (χ4n) is 2.54. The number of nitrogens with one attached hydrogen (secondary N) is 2. The number of hydrogen-bond acceptors (Lipinski definition) is 4. The summed E-state index contributed by atoms with van der Waals surface area (Å²) in [5.74, 6) is 0.752. The van der Waals surface area contributed by atoms with Gasteiger partial charge in [0.2, 0.25) is 5.91 Å². The Morgan fingerprint density at radius 2 is 2.23 bits per heavy atom. The number of fused-ring (bicyclic) bond motifs is 1. The molecule has 0 bridgehead atoms. The first-order valence-corrected chi connectivity index (χ1v) is 7.46. The zero-order valence-electron chi connectivity index (χ0n) is 12.3. The van der Waals surface area contributed by atoms with Crippen molar-refractivity contribution in [2.75, 3.05) is 19.7 Å². The number of benzene rings is 1. The van der Waals surface area contributed by atoms with E-state index in [4.69, 9.17) is 4.74 Å². The number of rotatable bonds is 4. The van der Waals surface area contributed by atoms with E-state index in [9.17, 15) is 4.79 Å². The van der Waals surface area contributed by atoms with Crippen LogP contribution in [-0.4, -0.2) is 30.6 Å². The molecule has 2 aromatic rings. The number of pyridine rings is 1. The van der Waals surface area contributed by atoms with E-state index in [2.05, 4.69) is 15.6 Å². The van der Waals surface area contributed by atoms with Crippen molar-refractivity contribution in [2.45, 2.75) is 12.5 Å². The Kier molecular flexibility index (Phi) is 4.65. The molecule has 114 valence electrons. The molecule has 22 heavy (non-hydrogen) atoms. The Morgan fingerprint density at radius 3 is 3.09 bits per heavy atom. The van der Waals surface area contributed by atoms with Crippen LogP contribution in [-0.2, 0) is 11.2 Å². The number of carbonyl (C=O) groups is 1. The molecule has 3 rings (SSSR count). The van der Waals surface area contributed by atoms with Gasteiger partial charge in [-0.05, 0) is 24.1 Å². The van der Waals surface area contributed by atoms with Gasteiger partial charge in [0.1, 0.15) is 18.4 Å². The average Bonchev–Trinajstić information content (AvgIpc) is 2.78. The molecule has 2 heterocycles. The van der Waals surface area contributed by atoms with Gasteiger partial charge in [-0.2, -0.15) is 0 Å². The summed E-state index contributed by atoms with van der Waals surface area (Å²) in [7, 11) is 0. The minimum Gasteiger partial charge on any atom is -0.492 e. The van der Waals surface area contributed by atoms with Crippen LogP contribution < -0.4 is 15.4 Å². The molecule has 1 unspecified atom stereocenters. The number of ether oxygens (including phenoxy) is 1. The highest BCUT2D eigenvalue weighted by Crippen LogP contribution is 2.26. The van der Waals surface area contributed by atoms with Crippen LogP contribution in [0, 0.1) is 0 Å². The Bertz CT molecular complexity index is 631. The average molecular weight is 297 g/mol. The number of para-hydroxylation sites is 1. The quantitative estimate of drug-likeness (QED) is 0.897. The molecule has 0 spiro atoms. The highest BCUT2D eigenvalue weighted by Gasteiger charge is 2.25. The van der Waals surface area contributed by atoms with E-state index in [1.807, 2.05) is 42.6 Å². The molecule has 1 aromatic carbocycles. The van der Waals surface area contributed by atoms with Crippen molar-refractivity contribution < 1.29 is 9.53 Å². The number of aromatic nitrogens is 1. The minimum atomic E-state index is -0.368. The van der Waals surface area contributed by atoms with Gasteiger partial charge in [-0.1, -0.05) is 24.3 Å². The third kappa shape index (κ3) is 3.43. The topological polar surface area (TPSA) is 63.2 Å². The minimum absolute atomic E-state index is 0.0261. The van der Waals surface area contributed by atoms with E-state index in [-0.39, 0.29) is 11.9 Å². The summed E-state index contributed by atoms with van der Waals surface area (Å²) in [6.07, 6.45) is 4.33. The van der Waals surface area contributed by atoms with Gasteiger partial charge in [0.25, 0.3) is 0 Å². The van der Waals surface area contributed by atoms with Crippen LogP contribution in [0.5, 0.6) is 5.75 Å². The van der Waals surface area contributed by atoms with Gasteiger partial charge in [0, 0.05) is 31.0 Å². The van der Waals surface area contributed by atoms with Crippen LogP contribution in [0.3, 0.4) is 0 Å². The van der Waals surface area contributed by atoms with Gasteiger partial charge in [-0.3, -0.25) is 15.1 Å². The summed E-state index contributed by atoms with van der Waals surface area (Å²) in [4.78, 5) is 16.5. The highest BCUT2D eigenvalue weighted by atomic mass is 16.5. The molecule has 2 N–H and O–H groups in total. The van der Waals surface area contributed by atoms with Crippen LogP contribution in [0.1, 0.15) is 17.2 Å². The normalized spacial score (nSPS) is 17.0. The van der Waals surface area contributed by atoms with Crippen molar-refractivity contribution in [3.63, 3.8) is 0 Å². The monoisotopic (exact) mass is 297 g/mol. The van der Waals surface area contributed by atoms with E-state index < -0.39 is 0 Å². The molecule has 0 saturated carbocycles. The smallest absolute Gasteiger partial charge is 0.241 e. The molecule has 1 amide bonds. The SMILES string of the molecule is O=C(NCCc1cccnc1)C1NCCOc2ccccc21. The summed E-state index contributed by atoms with van der Waals surface area (Å²) in [6.45, 7) is 1.80. The second-order valence-electron chi connectivity index (χ2n) is 5.18. The fraction of sp³-hybridized carbons (Fsp3) is 0.294. The van der Waals surface area contributed by atoms with Gasteiger partial charge in [-0.25, -0.2) is 0 Å². The summed E-state index contributed by atoms with van der Waals surface area (Å²) >= 11 is 0. The standard InChI is InChI=1S/C17H19N3O2/c21-17(20-9-7-13-4-3-8-18-12-13)16-14-5-1-2-6-15(14)22-11-10-19-16/h1-6,8,12,16,19H,7,9-11H2,(H,20,21). The molecule has 1 aliphatic heterocycles. The zero-order chi connectivity index (χ0) is 15.2. The van der Waals surface area contributed by atoms with Crippen LogP contribution >= 0.6 is 0 Å². The Hall–Kier alpha value is -2.40. The molecule has 0 radical (unpaired) electrons. The van der Waals surface area contributed by atoms with Gasteiger partial charge < -0.3 is 10.1 Å². The Labute approximate surface area is 129 Å². The van der Waals surface area contributed by atoms with Crippen molar-refractivity contribution >= 4 is 5.91 Å². The molecule has 5 nitrogen and oxygen atoms in total. The van der Waals surface area contributed by atoms with Crippen molar-refractivity contribution in [2.24, 2.45) is 0 Å². The second kappa shape index (κ2) is 7.04. The third-order valence-electron chi connectivity index (χ3n) is 3.64. The number of amides is 1.